The molecule has 0 saturated heterocycles. The molecule has 0 radical (unpaired) electrons. The number of pyridine rings is 1. The van der Waals surface area contributed by atoms with E-state index < -0.39 is 0 Å². The number of rotatable bonds is 3. The number of benzene rings is 1. The van der Waals surface area contributed by atoms with E-state index in [0.717, 1.165) is 47.0 Å². The van der Waals surface area contributed by atoms with Crippen molar-refractivity contribution in [2.75, 3.05) is 0 Å². The molecule has 25 heavy (non-hydrogen) atoms. The van der Waals surface area contributed by atoms with Crippen LogP contribution in [0.1, 0.15) is 43.3 Å². The van der Waals surface area contributed by atoms with E-state index in [1.54, 1.807) is 11.3 Å². The maximum atomic E-state index is 4.93. The highest BCUT2D eigenvalue weighted by atomic mass is 32.1. The van der Waals surface area contributed by atoms with Crippen molar-refractivity contribution in [1.29, 1.82) is 0 Å². The molecule has 0 spiro atoms. The Labute approximate surface area is 149 Å². The third kappa shape index (κ3) is 2.35. The number of nitrogens with zero attached hydrogens (tertiary/aromatic N) is 5. The topological polar surface area (TPSA) is 56.0 Å². The van der Waals surface area contributed by atoms with Gasteiger partial charge in [0.1, 0.15) is 5.01 Å². The first-order chi connectivity index (χ1) is 12.3. The van der Waals surface area contributed by atoms with Gasteiger partial charge >= 0.3 is 0 Å². The molecular formula is C19H19N5S. The van der Waals surface area contributed by atoms with Crippen LogP contribution in [0.5, 0.6) is 0 Å². The van der Waals surface area contributed by atoms with Crippen LogP contribution >= 0.6 is 11.3 Å². The van der Waals surface area contributed by atoms with Crippen LogP contribution in [-0.4, -0.2) is 24.8 Å². The predicted molar refractivity (Wildman–Crippen MR) is 100 cm³/mol. The summed E-state index contributed by atoms with van der Waals surface area (Å²) in [5.74, 6) is 0.951. The summed E-state index contributed by atoms with van der Waals surface area (Å²) in [6.07, 6.45) is 6.55. The highest BCUT2D eigenvalue weighted by molar-refractivity contribution is 7.20. The van der Waals surface area contributed by atoms with Crippen LogP contribution in [-0.2, 0) is 19.3 Å². The van der Waals surface area contributed by atoms with Gasteiger partial charge in [0.2, 0.25) is 4.96 Å². The quantitative estimate of drug-likeness (QED) is 0.555. The molecule has 126 valence electrons. The SMILES string of the molecule is CCCc1nnc2sc(-c3c4c(nc5ccccc35)CCCC4)nn12. The van der Waals surface area contributed by atoms with Crippen molar-refractivity contribution in [1.82, 2.24) is 24.8 Å². The Morgan fingerprint density at radius 2 is 2.00 bits per heavy atom. The zero-order valence-corrected chi connectivity index (χ0v) is 15.0. The van der Waals surface area contributed by atoms with E-state index >= 15 is 0 Å². The smallest absolute Gasteiger partial charge is 0.234 e. The van der Waals surface area contributed by atoms with Crippen molar-refractivity contribution in [3.05, 3.63) is 41.3 Å². The van der Waals surface area contributed by atoms with Crippen molar-refractivity contribution >= 4 is 27.2 Å². The van der Waals surface area contributed by atoms with Crippen molar-refractivity contribution in [3.8, 4) is 10.6 Å². The summed E-state index contributed by atoms with van der Waals surface area (Å²) in [6.45, 7) is 2.15. The zero-order valence-electron chi connectivity index (χ0n) is 14.2. The largest absolute Gasteiger partial charge is 0.253 e. The standard InChI is InChI=1S/C19H19N5S/c1-2-7-16-21-22-19-24(16)23-18(25-19)17-12-8-3-5-10-14(12)20-15-11-6-4-9-13(15)17/h3,5,8,10H,2,4,6-7,9,11H2,1H3. The Kier molecular flexibility index (Phi) is 3.52. The van der Waals surface area contributed by atoms with Crippen LogP contribution in [0.3, 0.4) is 0 Å². The summed E-state index contributed by atoms with van der Waals surface area (Å²) in [4.78, 5) is 5.81. The monoisotopic (exact) mass is 349 g/mol. The molecule has 5 rings (SSSR count). The predicted octanol–water partition coefficient (Wildman–Crippen LogP) is 4.23. The second kappa shape index (κ2) is 5.88. The second-order valence-electron chi connectivity index (χ2n) is 6.60. The Morgan fingerprint density at radius 1 is 1.12 bits per heavy atom. The van der Waals surface area contributed by atoms with Crippen molar-refractivity contribution in [2.24, 2.45) is 0 Å². The van der Waals surface area contributed by atoms with Crippen LogP contribution in [0.4, 0.5) is 0 Å². The minimum Gasteiger partial charge on any atom is -0.253 e. The molecule has 1 aliphatic carbocycles. The summed E-state index contributed by atoms with van der Waals surface area (Å²) < 4.78 is 1.92. The Hall–Kier alpha value is -2.34. The van der Waals surface area contributed by atoms with E-state index in [4.69, 9.17) is 10.1 Å². The molecule has 1 aromatic carbocycles. The lowest BCUT2D eigenvalue weighted by Crippen LogP contribution is -2.08. The van der Waals surface area contributed by atoms with E-state index in [1.165, 1.54) is 35.0 Å². The molecule has 0 saturated carbocycles. The van der Waals surface area contributed by atoms with Gasteiger partial charge in [0.15, 0.2) is 5.82 Å². The fourth-order valence-electron chi connectivity index (χ4n) is 3.75. The zero-order chi connectivity index (χ0) is 16.8. The molecule has 3 heterocycles. The maximum absolute atomic E-state index is 4.93. The lowest BCUT2D eigenvalue weighted by molar-refractivity contribution is 0.672. The summed E-state index contributed by atoms with van der Waals surface area (Å²) in [5.41, 5.74) is 4.96. The average molecular weight is 349 g/mol. The van der Waals surface area contributed by atoms with Crippen LogP contribution in [0.2, 0.25) is 0 Å². The van der Waals surface area contributed by atoms with Crippen LogP contribution in [0.15, 0.2) is 24.3 Å². The first-order valence-corrected chi connectivity index (χ1v) is 9.79. The van der Waals surface area contributed by atoms with Gasteiger partial charge in [-0.05, 0) is 43.7 Å². The summed E-state index contributed by atoms with van der Waals surface area (Å²) in [5, 5.41) is 15.7. The van der Waals surface area contributed by atoms with Crippen molar-refractivity contribution in [2.45, 2.75) is 45.4 Å². The molecule has 0 aliphatic heterocycles. The molecule has 0 amide bonds. The van der Waals surface area contributed by atoms with Crippen molar-refractivity contribution in [3.63, 3.8) is 0 Å². The van der Waals surface area contributed by atoms with Crippen LogP contribution < -0.4 is 0 Å². The molecule has 0 atom stereocenters. The van der Waals surface area contributed by atoms with E-state index in [1.807, 2.05) is 4.52 Å². The van der Waals surface area contributed by atoms with Gasteiger partial charge in [-0.3, -0.25) is 4.98 Å². The van der Waals surface area contributed by atoms with Crippen LogP contribution in [0, 0.1) is 0 Å². The maximum Gasteiger partial charge on any atom is 0.234 e. The molecule has 4 aromatic rings. The second-order valence-corrected chi connectivity index (χ2v) is 7.56. The van der Waals surface area contributed by atoms with Gasteiger partial charge in [-0.15, -0.1) is 10.2 Å². The van der Waals surface area contributed by atoms with Crippen LogP contribution in [0.25, 0.3) is 26.4 Å². The summed E-state index contributed by atoms with van der Waals surface area (Å²) in [7, 11) is 0. The molecule has 0 bridgehead atoms. The number of para-hydroxylation sites is 1. The van der Waals surface area contributed by atoms with E-state index in [2.05, 4.69) is 41.4 Å². The molecule has 0 N–H and O–H groups in total. The lowest BCUT2D eigenvalue weighted by atomic mass is 9.90. The number of aryl methyl sites for hydroxylation is 2. The highest BCUT2D eigenvalue weighted by Crippen LogP contribution is 2.38. The molecule has 1 aliphatic rings. The van der Waals surface area contributed by atoms with E-state index in [-0.39, 0.29) is 0 Å². The average Bonchev–Trinajstić information content (AvgIpc) is 3.21. The molecule has 5 nitrogen and oxygen atoms in total. The fraction of sp³-hybridized carbons (Fsp3) is 0.368. The summed E-state index contributed by atoms with van der Waals surface area (Å²) >= 11 is 1.64. The number of fused-ring (bicyclic) bond motifs is 3. The lowest BCUT2D eigenvalue weighted by Gasteiger charge is -2.19. The summed E-state index contributed by atoms with van der Waals surface area (Å²) in [6, 6.07) is 8.43. The van der Waals surface area contributed by atoms with Gasteiger partial charge in [-0.1, -0.05) is 36.5 Å². The third-order valence-electron chi connectivity index (χ3n) is 4.91. The van der Waals surface area contributed by atoms with E-state index in [0.29, 0.717) is 0 Å². The number of hydrogen-bond donors (Lipinski definition) is 0. The molecule has 0 unspecified atom stereocenters. The van der Waals surface area contributed by atoms with Gasteiger partial charge in [0, 0.05) is 23.1 Å². The minimum absolute atomic E-state index is 0.879. The van der Waals surface area contributed by atoms with Gasteiger partial charge in [0.05, 0.1) is 5.52 Å². The molecular weight excluding hydrogens is 330 g/mol. The highest BCUT2D eigenvalue weighted by Gasteiger charge is 2.22. The van der Waals surface area contributed by atoms with Gasteiger partial charge in [-0.2, -0.15) is 9.61 Å². The van der Waals surface area contributed by atoms with Crippen molar-refractivity contribution < 1.29 is 0 Å². The van der Waals surface area contributed by atoms with Gasteiger partial charge < -0.3 is 0 Å². The van der Waals surface area contributed by atoms with Gasteiger partial charge in [0.25, 0.3) is 0 Å². The molecule has 3 aromatic heterocycles. The minimum atomic E-state index is 0.879. The molecule has 6 heteroatoms. The first-order valence-electron chi connectivity index (χ1n) is 8.97. The van der Waals surface area contributed by atoms with Gasteiger partial charge in [-0.25, -0.2) is 0 Å². The number of aromatic nitrogens is 5. The first kappa shape index (κ1) is 15.0. The third-order valence-corrected chi connectivity index (χ3v) is 5.83. The number of hydrogen-bond acceptors (Lipinski definition) is 5. The Morgan fingerprint density at radius 3 is 2.92 bits per heavy atom. The normalized spacial score (nSPS) is 14.3. The Balaban J connectivity index is 1.79. The molecule has 0 fully saturated rings. The Bertz CT molecular complexity index is 1080. The fourth-order valence-corrected chi connectivity index (χ4v) is 4.70. The van der Waals surface area contributed by atoms with E-state index in [9.17, 15) is 0 Å².